The van der Waals surface area contributed by atoms with E-state index < -0.39 is 0 Å². The molecule has 0 spiro atoms. The van der Waals surface area contributed by atoms with Crippen molar-refractivity contribution in [2.24, 2.45) is 0 Å². The third kappa shape index (κ3) is 3.64. The molecule has 60 valence electrons. The monoisotopic (exact) mass is 143 g/mol. The number of rotatable bonds is 5. The van der Waals surface area contributed by atoms with Crippen LogP contribution in [0.25, 0.3) is 0 Å². The summed E-state index contributed by atoms with van der Waals surface area (Å²) in [5.74, 6) is 0. The molecule has 0 saturated carbocycles. The zero-order valence-electron chi connectivity index (χ0n) is 7.05. The number of nitrogens with one attached hydrogen (secondary N) is 1. The van der Waals surface area contributed by atoms with Gasteiger partial charge in [-0.05, 0) is 20.4 Å². The fourth-order valence-electron chi connectivity index (χ4n) is 0.786. The van der Waals surface area contributed by atoms with Gasteiger partial charge in [-0.3, -0.25) is 0 Å². The molecule has 0 saturated heterocycles. The summed E-state index contributed by atoms with van der Waals surface area (Å²) in [6.45, 7) is 5.75. The van der Waals surface area contributed by atoms with Crippen LogP contribution >= 0.6 is 0 Å². The molecule has 2 heteroatoms. The Bertz CT molecular complexity index is 93.3. The summed E-state index contributed by atoms with van der Waals surface area (Å²) >= 11 is 0. The van der Waals surface area contributed by atoms with E-state index in [1.807, 2.05) is 20.0 Å². The maximum atomic E-state index is 5.10. The van der Waals surface area contributed by atoms with Gasteiger partial charge in [0.2, 0.25) is 0 Å². The lowest BCUT2D eigenvalue weighted by molar-refractivity contribution is 0.106. The molecule has 0 heterocycles. The SMILES string of the molecule is C=CC(CC(C)OC)NC. The lowest BCUT2D eigenvalue weighted by atomic mass is 10.1. The summed E-state index contributed by atoms with van der Waals surface area (Å²) in [6.07, 6.45) is 3.18. The summed E-state index contributed by atoms with van der Waals surface area (Å²) in [7, 11) is 3.65. The average Bonchev–Trinajstić information content (AvgIpc) is 1.99. The van der Waals surface area contributed by atoms with Crippen LogP contribution in [0.4, 0.5) is 0 Å². The van der Waals surface area contributed by atoms with Gasteiger partial charge in [-0.25, -0.2) is 0 Å². The highest BCUT2D eigenvalue weighted by atomic mass is 16.5. The number of ether oxygens (including phenoxy) is 1. The zero-order chi connectivity index (χ0) is 7.98. The van der Waals surface area contributed by atoms with E-state index in [2.05, 4.69) is 11.9 Å². The van der Waals surface area contributed by atoms with E-state index in [9.17, 15) is 0 Å². The van der Waals surface area contributed by atoms with Crippen LogP contribution in [0.1, 0.15) is 13.3 Å². The van der Waals surface area contributed by atoms with Crippen LogP contribution in [0.2, 0.25) is 0 Å². The maximum Gasteiger partial charge on any atom is 0.0561 e. The molecule has 0 fully saturated rings. The third-order valence-electron chi connectivity index (χ3n) is 1.64. The van der Waals surface area contributed by atoms with Crippen LogP contribution in [0.15, 0.2) is 12.7 Å². The van der Waals surface area contributed by atoms with Crippen molar-refractivity contribution in [1.82, 2.24) is 5.32 Å². The van der Waals surface area contributed by atoms with Crippen molar-refractivity contribution in [2.45, 2.75) is 25.5 Å². The van der Waals surface area contributed by atoms with Crippen LogP contribution in [0.5, 0.6) is 0 Å². The van der Waals surface area contributed by atoms with Gasteiger partial charge in [0.05, 0.1) is 6.10 Å². The topological polar surface area (TPSA) is 21.3 Å². The highest BCUT2D eigenvalue weighted by Crippen LogP contribution is 2.00. The minimum Gasteiger partial charge on any atom is -0.382 e. The largest absolute Gasteiger partial charge is 0.382 e. The molecule has 0 radical (unpaired) electrons. The van der Waals surface area contributed by atoms with Crippen LogP contribution < -0.4 is 5.32 Å². The van der Waals surface area contributed by atoms with Crippen molar-refractivity contribution in [3.63, 3.8) is 0 Å². The fraction of sp³-hybridized carbons (Fsp3) is 0.750. The van der Waals surface area contributed by atoms with Gasteiger partial charge in [-0.1, -0.05) is 6.08 Å². The highest BCUT2D eigenvalue weighted by Gasteiger charge is 2.05. The third-order valence-corrected chi connectivity index (χ3v) is 1.64. The van der Waals surface area contributed by atoms with E-state index in [0.29, 0.717) is 12.1 Å². The first-order chi connectivity index (χ1) is 4.74. The molecule has 10 heavy (non-hydrogen) atoms. The summed E-state index contributed by atoms with van der Waals surface area (Å²) in [5.41, 5.74) is 0. The van der Waals surface area contributed by atoms with E-state index in [4.69, 9.17) is 4.74 Å². The quantitative estimate of drug-likeness (QED) is 0.584. The van der Waals surface area contributed by atoms with Gasteiger partial charge in [0, 0.05) is 13.2 Å². The molecule has 2 nitrogen and oxygen atoms in total. The van der Waals surface area contributed by atoms with Gasteiger partial charge in [-0.2, -0.15) is 0 Å². The predicted octanol–water partition coefficient (Wildman–Crippen LogP) is 1.19. The van der Waals surface area contributed by atoms with Gasteiger partial charge >= 0.3 is 0 Å². The summed E-state index contributed by atoms with van der Waals surface area (Å²) in [5, 5.41) is 3.12. The summed E-state index contributed by atoms with van der Waals surface area (Å²) < 4.78 is 5.10. The number of methoxy groups -OCH3 is 1. The van der Waals surface area contributed by atoms with E-state index in [-0.39, 0.29) is 0 Å². The molecule has 0 aromatic carbocycles. The van der Waals surface area contributed by atoms with E-state index in [1.165, 1.54) is 0 Å². The van der Waals surface area contributed by atoms with Crippen LogP contribution in [-0.4, -0.2) is 26.3 Å². The second kappa shape index (κ2) is 5.45. The normalized spacial score (nSPS) is 16.3. The van der Waals surface area contributed by atoms with Crippen molar-refractivity contribution in [2.75, 3.05) is 14.2 Å². The predicted molar refractivity (Wildman–Crippen MR) is 44.1 cm³/mol. The molecular weight excluding hydrogens is 126 g/mol. The van der Waals surface area contributed by atoms with E-state index >= 15 is 0 Å². The zero-order valence-corrected chi connectivity index (χ0v) is 7.05. The smallest absolute Gasteiger partial charge is 0.0561 e. The molecule has 0 rings (SSSR count). The molecule has 0 aliphatic carbocycles. The molecule has 0 aliphatic heterocycles. The molecule has 2 atom stereocenters. The van der Waals surface area contributed by atoms with Crippen LogP contribution in [0.3, 0.4) is 0 Å². The summed E-state index contributed by atoms with van der Waals surface area (Å²) in [4.78, 5) is 0. The second-order valence-electron chi connectivity index (χ2n) is 2.41. The molecule has 2 unspecified atom stereocenters. The van der Waals surface area contributed by atoms with Crippen molar-refractivity contribution >= 4 is 0 Å². The first-order valence-corrected chi connectivity index (χ1v) is 3.57. The van der Waals surface area contributed by atoms with Crippen molar-refractivity contribution in [3.8, 4) is 0 Å². The van der Waals surface area contributed by atoms with Gasteiger partial charge in [0.1, 0.15) is 0 Å². The lowest BCUT2D eigenvalue weighted by Crippen LogP contribution is -2.27. The molecule has 0 aromatic rings. The Balaban J connectivity index is 3.51. The second-order valence-corrected chi connectivity index (χ2v) is 2.41. The van der Waals surface area contributed by atoms with Crippen molar-refractivity contribution < 1.29 is 4.74 Å². The van der Waals surface area contributed by atoms with E-state index in [1.54, 1.807) is 7.11 Å². The minimum absolute atomic E-state index is 0.301. The Morgan fingerprint density at radius 3 is 2.60 bits per heavy atom. The van der Waals surface area contributed by atoms with Crippen LogP contribution in [0, 0.1) is 0 Å². The molecule has 0 aliphatic rings. The fourth-order valence-corrected chi connectivity index (χ4v) is 0.786. The minimum atomic E-state index is 0.301. The summed E-state index contributed by atoms with van der Waals surface area (Å²) in [6, 6.07) is 0.370. The lowest BCUT2D eigenvalue weighted by Gasteiger charge is -2.15. The molecular formula is C8H17NO. The number of hydrogen-bond donors (Lipinski definition) is 1. The Hall–Kier alpha value is -0.340. The molecule has 1 N–H and O–H groups in total. The van der Waals surface area contributed by atoms with Crippen molar-refractivity contribution in [3.05, 3.63) is 12.7 Å². The average molecular weight is 143 g/mol. The van der Waals surface area contributed by atoms with Crippen LogP contribution in [-0.2, 0) is 4.74 Å². The Morgan fingerprint density at radius 2 is 2.30 bits per heavy atom. The van der Waals surface area contributed by atoms with Gasteiger partial charge in [-0.15, -0.1) is 6.58 Å². The van der Waals surface area contributed by atoms with E-state index in [0.717, 1.165) is 6.42 Å². The Kier molecular flexibility index (Phi) is 5.26. The number of likely N-dealkylation sites (N-methyl/N-ethyl adjacent to an activating group) is 1. The molecule has 0 bridgehead atoms. The van der Waals surface area contributed by atoms with Crippen molar-refractivity contribution in [1.29, 1.82) is 0 Å². The molecule has 0 aromatic heterocycles. The highest BCUT2D eigenvalue weighted by molar-refractivity contribution is 4.85. The standard InChI is InChI=1S/C8H17NO/c1-5-8(9-3)6-7(2)10-4/h5,7-9H,1,6H2,2-4H3. The Morgan fingerprint density at radius 1 is 1.70 bits per heavy atom. The molecule has 0 amide bonds. The van der Waals surface area contributed by atoms with Gasteiger partial charge in [0.15, 0.2) is 0 Å². The maximum absolute atomic E-state index is 5.10. The first-order valence-electron chi connectivity index (χ1n) is 3.57. The first kappa shape index (κ1) is 9.66. The van der Waals surface area contributed by atoms with Gasteiger partial charge in [0.25, 0.3) is 0 Å². The Labute approximate surface area is 63.3 Å². The van der Waals surface area contributed by atoms with Gasteiger partial charge < -0.3 is 10.1 Å². The number of hydrogen-bond acceptors (Lipinski definition) is 2.